The lowest BCUT2D eigenvalue weighted by atomic mass is 9.61. The number of nitrogens with zero attached hydrogens (tertiary/aromatic N) is 1. The summed E-state index contributed by atoms with van der Waals surface area (Å²) in [5, 5.41) is 11.4. The number of cyclic esters (lactones) is 1. The van der Waals surface area contributed by atoms with Crippen molar-refractivity contribution in [2.24, 2.45) is 4.99 Å². The summed E-state index contributed by atoms with van der Waals surface area (Å²) in [5.41, 5.74) is 0.888. The Bertz CT molecular complexity index is 1420. The Morgan fingerprint density at radius 1 is 0.947 bits per heavy atom. The van der Waals surface area contributed by atoms with Crippen LogP contribution in [0.3, 0.4) is 0 Å². The molecule has 0 amide bonds. The van der Waals surface area contributed by atoms with E-state index >= 15 is 0 Å². The maximum Gasteiger partial charge on any atom is 0.342 e. The molecule has 1 heterocycles. The maximum absolute atomic E-state index is 14.1. The monoisotopic (exact) mass is 509 g/mol. The minimum atomic E-state index is -1.54. The van der Waals surface area contributed by atoms with E-state index in [1.807, 2.05) is 91.9 Å². The zero-order chi connectivity index (χ0) is 27.1. The molecule has 0 saturated carbocycles. The number of carbonyl (C=O) groups is 2. The van der Waals surface area contributed by atoms with Gasteiger partial charge in [0.15, 0.2) is 5.54 Å². The fourth-order valence-electron chi connectivity index (χ4n) is 5.37. The molecule has 0 fully saturated rings. The van der Waals surface area contributed by atoms with Crippen LogP contribution < -0.4 is 0 Å². The van der Waals surface area contributed by atoms with Gasteiger partial charge in [-0.15, -0.1) is 0 Å². The molecule has 194 valence electrons. The highest BCUT2D eigenvalue weighted by molar-refractivity contribution is 6.10. The molecular weight excluding hydrogens is 478 g/mol. The molecule has 0 radical (unpaired) electrons. The smallest absolute Gasteiger partial charge is 0.342 e. The number of aliphatic hydroxyl groups is 1. The van der Waals surface area contributed by atoms with Crippen molar-refractivity contribution in [1.82, 2.24) is 0 Å². The van der Waals surface area contributed by atoms with E-state index in [1.54, 1.807) is 20.8 Å². The second-order valence-corrected chi connectivity index (χ2v) is 10.9. The van der Waals surface area contributed by atoms with E-state index in [1.165, 1.54) is 0 Å². The molecule has 6 heteroatoms. The molecule has 3 atom stereocenters. The molecule has 3 aromatic carbocycles. The summed E-state index contributed by atoms with van der Waals surface area (Å²) in [6.45, 7) is 7.29. The Morgan fingerprint density at radius 3 is 2.16 bits per heavy atom. The molecule has 5 rings (SSSR count). The molecule has 0 unspecified atom stereocenters. The third-order valence-corrected chi connectivity index (χ3v) is 7.02. The van der Waals surface area contributed by atoms with Crippen LogP contribution in [0, 0.1) is 6.92 Å². The predicted octanol–water partition coefficient (Wildman–Crippen LogP) is 6.16. The van der Waals surface area contributed by atoms with Crippen LogP contribution in [0.1, 0.15) is 61.3 Å². The molecule has 1 spiro atoms. The Hall–Kier alpha value is -4.19. The normalized spacial score (nSPS) is 23.3. The first-order valence-electron chi connectivity index (χ1n) is 12.7. The first-order chi connectivity index (χ1) is 18.1. The number of rotatable bonds is 4. The summed E-state index contributed by atoms with van der Waals surface area (Å²) in [4.78, 5) is 32.8. The Balaban J connectivity index is 1.80. The van der Waals surface area contributed by atoms with Crippen molar-refractivity contribution in [3.8, 4) is 0 Å². The lowest BCUT2D eigenvalue weighted by molar-refractivity contribution is -0.151. The van der Waals surface area contributed by atoms with E-state index < -0.39 is 34.9 Å². The van der Waals surface area contributed by atoms with Crippen LogP contribution in [0.25, 0.3) is 0 Å². The number of aryl methyl sites for hydroxylation is 1. The van der Waals surface area contributed by atoms with Gasteiger partial charge in [-0.25, -0.2) is 14.6 Å². The maximum atomic E-state index is 14.1. The highest BCUT2D eigenvalue weighted by atomic mass is 16.6. The quantitative estimate of drug-likeness (QED) is 0.426. The van der Waals surface area contributed by atoms with Gasteiger partial charge in [-0.05, 0) is 51.0 Å². The van der Waals surface area contributed by atoms with Crippen LogP contribution in [0.2, 0.25) is 0 Å². The lowest BCUT2D eigenvalue weighted by Gasteiger charge is -2.43. The van der Waals surface area contributed by atoms with Gasteiger partial charge in [0.2, 0.25) is 5.90 Å². The molecule has 3 aromatic rings. The number of hydrogen-bond donors (Lipinski definition) is 1. The van der Waals surface area contributed by atoms with E-state index in [0.717, 1.165) is 11.1 Å². The summed E-state index contributed by atoms with van der Waals surface area (Å²) in [7, 11) is 0. The van der Waals surface area contributed by atoms with Crippen LogP contribution in [-0.4, -0.2) is 34.1 Å². The van der Waals surface area contributed by atoms with Crippen LogP contribution in [-0.2, 0) is 19.1 Å². The number of aliphatic hydroxyl groups excluding tert-OH is 1. The van der Waals surface area contributed by atoms with Crippen LogP contribution in [0.4, 0.5) is 0 Å². The van der Waals surface area contributed by atoms with Crippen molar-refractivity contribution >= 4 is 17.8 Å². The largest absolute Gasteiger partial charge is 0.512 e. The minimum Gasteiger partial charge on any atom is -0.512 e. The Kier molecular flexibility index (Phi) is 6.43. The van der Waals surface area contributed by atoms with Crippen molar-refractivity contribution in [3.05, 3.63) is 119 Å². The first-order valence-corrected chi connectivity index (χ1v) is 12.7. The van der Waals surface area contributed by atoms with E-state index in [-0.39, 0.29) is 23.7 Å². The third-order valence-electron chi connectivity index (χ3n) is 7.02. The van der Waals surface area contributed by atoms with Gasteiger partial charge < -0.3 is 14.6 Å². The molecule has 0 saturated heterocycles. The van der Waals surface area contributed by atoms with Gasteiger partial charge in [0.25, 0.3) is 0 Å². The number of hydrogen-bond acceptors (Lipinski definition) is 6. The van der Waals surface area contributed by atoms with Crippen molar-refractivity contribution in [1.29, 1.82) is 0 Å². The van der Waals surface area contributed by atoms with E-state index in [2.05, 4.69) is 0 Å². The molecule has 2 aliphatic rings. The number of ether oxygens (including phenoxy) is 2. The van der Waals surface area contributed by atoms with Gasteiger partial charge in [0, 0.05) is 17.9 Å². The number of esters is 2. The molecule has 0 aromatic heterocycles. The molecule has 1 N–H and O–H groups in total. The standard InChI is InChI=1S/C32H31NO5/c1-20-15-17-21(18-16-20)24-19-25(34)26(29(35)38-31(2,3)4)27(22-11-7-5-8-12-22)32(24)30(36)37-28(33-32)23-13-9-6-10-14-23/h5-18,24,27,34H,19H2,1-4H3/t24-,27+,32-/m1/s1. The average Bonchev–Trinajstić information content (AvgIpc) is 3.22. The predicted molar refractivity (Wildman–Crippen MR) is 145 cm³/mol. The molecule has 38 heavy (non-hydrogen) atoms. The number of allylic oxidation sites excluding steroid dienone is 1. The van der Waals surface area contributed by atoms with E-state index in [4.69, 9.17) is 14.5 Å². The number of carbonyl (C=O) groups excluding carboxylic acids is 2. The van der Waals surface area contributed by atoms with Gasteiger partial charge in [0.05, 0.1) is 11.5 Å². The second kappa shape index (κ2) is 9.60. The first kappa shape index (κ1) is 25.5. The van der Waals surface area contributed by atoms with Gasteiger partial charge in [-0.2, -0.15) is 0 Å². The van der Waals surface area contributed by atoms with Gasteiger partial charge in [-0.3, -0.25) is 0 Å². The molecule has 1 aliphatic carbocycles. The number of aliphatic imine (C=N–C) groups is 1. The lowest BCUT2D eigenvalue weighted by Crippen LogP contribution is -2.51. The zero-order valence-electron chi connectivity index (χ0n) is 22.0. The second-order valence-electron chi connectivity index (χ2n) is 10.9. The summed E-state index contributed by atoms with van der Waals surface area (Å²) in [5.74, 6) is -2.69. The summed E-state index contributed by atoms with van der Waals surface area (Å²) in [6, 6.07) is 26.3. The van der Waals surface area contributed by atoms with Gasteiger partial charge >= 0.3 is 11.9 Å². The zero-order valence-corrected chi connectivity index (χ0v) is 22.0. The van der Waals surface area contributed by atoms with Crippen molar-refractivity contribution in [3.63, 3.8) is 0 Å². The average molecular weight is 510 g/mol. The summed E-state index contributed by atoms with van der Waals surface area (Å²) in [6.07, 6.45) is 0.0294. The SMILES string of the molecule is Cc1ccc([C@H]2CC(O)=C(C(=O)OC(C)(C)C)[C@H](c3ccccc3)[C@]23N=C(c2ccccc2)OC3=O)cc1. The Labute approximate surface area is 222 Å². The minimum absolute atomic E-state index is 0.0294. The molecule has 1 aliphatic heterocycles. The van der Waals surface area contributed by atoms with Crippen LogP contribution in [0.5, 0.6) is 0 Å². The van der Waals surface area contributed by atoms with Crippen molar-refractivity contribution in [2.45, 2.75) is 57.1 Å². The summed E-state index contributed by atoms with van der Waals surface area (Å²) < 4.78 is 11.6. The molecule has 0 bridgehead atoms. The fraction of sp³-hybridized carbons (Fsp3) is 0.281. The van der Waals surface area contributed by atoms with Crippen molar-refractivity contribution in [2.75, 3.05) is 0 Å². The van der Waals surface area contributed by atoms with Crippen LogP contribution in [0.15, 0.2) is 101 Å². The summed E-state index contributed by atoms with van der Waals surface area (Å²) >= 11 is 0. The highest BCUT2D eigenvalue weighted by Crippen LogP contribution is 2.56. The molecule has 6 nitrogen and oxygen atoms in total. The topological polar surface area (TPSA) is 85.2 Å². The van der Waals surface area contributed by atoms with E-state index in [0.29, 0.717) is 11.1 Å². The number of benzene rings is 3. The van der Waals surface area contributed by atoms with Gasteiger partial charge in [-0.1, -0.05) is 78.4 Å². The van der Waals surface area contributed by atoms with E-state index in [9.17, 15) is 14.7 Å². The molecular formula is C32H31NO5. The fourth-order valence-corrected chi connectivity index (χ4v) is 5.37. The van der Waals surface area contributed by atoms with Gasteiger partial charge in [0.1, 0.15) is 11.4 Å². The van der Waals surface area contributed by atoms with Crippen molar-refractivity contribution < 1.29 is 24.2 Å². The highest BCUT2D eigenvalue weighted by Gasteiger charge is 2.63. The Morgan fingerprint density at radius 2 is 1.55 bits per heavy atom. The van der Waals surface area contributed by atoms with Crippen LogP contribution >= 0.6 is 0 Å². The third kappa shape index (κ3) is 4.51.